The van der Waals surface area contributed by atoms with Crippen molar-refractivity contribution in [2.45, 2.75) is 25.9 Å². The molecule has 0 bridgehead atoms. The summed E-state index contributed by atoms with van der Waals surface area (Å²) in [6.45, 7) is 5.36. The first kappa shape index (κ1) is 11.0. The second kappa shape index (κ2) is 3.59. The molecule has 0 N–H and O–H groups in total. The van der Waals surface area contributed by atoms with E-state index in [-0.39, 0.29) is 0 Å². The van der Waals surface area contributed by atoms with E-state index in [4.69, 9.17) is 4.52 Å². The maximum Gasteiger partial charge on any atom is 0.327 e. The second-order valence-corrected chi connectivity index (χ2v) is 6.20. The predicted octanol–water partition coefficient (Wildman–Crippen LogP) is 2.73. The van der Waals surface area contributed by atoms with Crippen molar-refractivity contribution in [2.75, 3.05) is 7.11 Å². The number of nitrogens with zero attached hydrogens (tertiary/aromatic N) is 1. The molecule has 0 aromatic rings. The van der Waals surface area contributed by atoms with Crippen molar-refractivity contribution in [3.05, 3.63) is 0 Å². The Morgan fingerprint density at radius 3 is 2.09 bits per heavy atom. The summed E-state index contributed by atoms with van der Waals surface area (Å²) in [5.41, 5.74) is 0. The van der Waals surface area contributed by atoms with Gasteiger partial charge in [-0.3, -0.25) is 4.57 Å². The Kier molecular flexibility index (Phi) is 3.59. The smallest absolute Gasteiger partial charge is 0.315 e. The Morgan fingerprint density at radius 1 is 1.55 bits per heavy atom. The molecule has 1 atom stereocenters. The zero-order valence-electron chi connectivity index (χ0n) is 7.12. The molecule has 0 spiro atoms. The van der Waals surface area contributed by atoms with E-state index in [1.165, 1.54) is 7.11 Å². The molecular weight excluding hydrogens is 181 g/mol. The molecule has 0 rings (SSSR count). The summed E-state index contributed by atoms with van der Waals surface area (Å²) in [5, 5.41) is 1.58. The molecule has 0 radical (unpaired) electrons. The minimum absolute atomic E-state index is 0.506. The lowest BCUT2D eigenvalue weighted by molar-refractivity contribution is 0.372. The molecule has 11 heavy (non-hydrogen) atoms. The molecule has 5 heteroatoms. The van der Waals surface area contributed by atoms with Crippen LogP contribution in [0.2, 0.25) is 0 Å². The Balaban J connectivity index is 4.92. The van der Waals surface area contributed by atoms with Crippen LogP contribution in [0.4, 0.5) is 0 Å². The number of hydrogen-bond donors (Lipinski definition) is 0. The monoisotopic (exact) mass is 193 g/mol. The van der Waals surface area contributed by atoms with Crippen LogP contribution >= 0.6 is 19.7 Å². The Labute approximate surface area is 72.4 Å². The molecule has 3 nitrogen and oxygen atoms in total. The van der Waals surface area contributed by atoms with E-state index in [0.717, 1.165) is 0 Å². The highest BCUT2D eigenvalue weighted by molar-refractivity contribution is 7.78. The lowest BCUT2D eigenvalue weighted by Gasteiger charge is -2.23. The molecule has 0 saturated carbocycles. The van der Waals surface area contributed by atoms with Crippen LogP contribution in [-0.2, 0) is 9.09 Å². The third kappa shape index (κ3) is 2.49. The first-order valence-corrected chi connectivity index (χ1v) is 5.11. The molecule has 0 heterocycles. The maximum atomic E-state index is 11.7. The highest BCUT2D eigenvalue weighted by atomic mass is 32.1. The first-order chi connectivity index (χ1) is 4.87. The van der Waals surface area contributed by atoms with Crippen LogP contribution in [0.5, 0.6) is 0 Å². The lowest BCUT2D eigenvalue weighted by atomic mass is 10.3. The zero-order chi connectivity index (χ0) is 9.12. The lowest BCUT2D eigenvalue weighted by Crippen LogP contribution is -2.14. The molecule has 1 unspecified atom stereocenters. The number of hydrogen-bond acceptors (Lipinski definition) is 3. The topological polar surface area (TPSA) is 38.7 Å². The number of rotatable bonds is 2. The molecule has 0 aliphatic carbocycles. The van der Waals surface area contributed by atoms with Crippen molar-refractivity contribution in [3.8, 4) is 0 Å². The number of thiocarbonyl (C=S) groups is 1. The van der Waals surface area contributed by atoms with E-state index in [2.05, 4.69) is 22.1 Å². The van der Waals surface area contributed by atoms with E-state index < -0.39 is 12.7 Å². The van der Waals surface area contributed by atoms with Crippen LogP contribution in [0.1, 0.15) is 20.8 Å². The van der Waals surface area contributed by atoms with Crippen molar-refractivity contribution < 1.29 is 9.09 Å². The summed E-state index contributed by atoms with van der Waals surface area (Å²) in [4.78, 5) is 0. The van der Waals surface area contributed by atoms with Gasteiger partial charge < -0.3 is 4.52 Å². The summed E-state index contributed by atoms with van der Waals surface area (Å²) in [7, 11) is -1.61. The van der Waals surface area contributed by atoms with E-state index >= 15 is 0 Å². The first-order valence-electron chi connectivity index (χ1n) is 3.12. The van der Waals surface area contributed by atoms with Gasteiger partial charge >= 0.3 is 7.52 Å². The number of isothiocyanates is 1. The largest absolute Gasteiger partial charge is 0.327 e. The Hall–Kier alpha value is -0.0100. The van der Waals surface area contributed by atoms with E-state index in [1.54, 1.807) is 20.8 Å². The molecule has 0 fully saturated rings. The molecule has 0 aliphatic heterocycles. The average molecular weight is 193 g/mol. The molecule has 0 aliphatic rings. The zero-order valence-corrected chi connectivity index (χ0v) is 8.83. The molecule has 0 aromatic heterocycles. The van der Waals surface area contributed by atoms with Crippen LogP contribution in [0, 0.1) is 0 Å². The fourth-order valence-corrected chi connectivity index (χ4v) is 1.88. The van der Waals surface area contributed by atoms with Gasteiger partial charge in [0.15, 0.2) is 0 Å². The van der Waals surface area contributed by atoms with Gasteiger partial charge in [0.1, 0.15) is 0 Å². The van der Waals surface area contributed by atoms with Crippen molar-refractivity contribution in [2.24, 2.45) is 4.76 Å². The fraction of sp³-hybridized carbons (Fsp3) is 0.833. The Bertz CT molecular complexity index is 227. The van der Waals surface area contributed by atoms with E-state index in [1.807, 2.05) is 0 Å². The van der Waals surface area contributed by atoms with E-state index in [0.29, 0.717) is 0 Å². The summed E-state index contributed by atoms with van der Waals surface area (Å²) < 4.78 is 20.0. The molecule has 0 aromatic carbocycles. The molecular formula is C6H12NO2PS. The van der Waals surface area contributed by atoms with Gasteiger partial charge in [-0.25, -0.2) is 0 Å². The Morgan fingerprint density at radius 2 is 2.00 bits per heavy atom. The van der Waals surface area contributed by atoms with Crippen molar-refractivity contribution >= 4 is 24.9 Å². The van der Waals surface area contributed by atoms with Gasteiger partial charge in [0.05, 0.1) is 10.3 Å². The van der Waals surface area contributed by atoms with Crippen LogP contribution in [0.15, 0.2) is 4.76 Å². The summed E-state index contributed by atoms with van der Waals surface area (Å²) in [5.74, 6) is 0. The van der Waals surface area contributed by atoms with Crippen LogP contribution in [0.3, 0.4) is 0 Å². The van der Waals surface area contributed by atoms with Gasteiger partial charge in [-0.2, -0.15) is 0 Å². The quantitative estimate of drug-likeness (QED) is 0.384. The third-order valence-electron chi connectivity index (χ3n) is 1.27. The van der Waals surface area contributed by atoms with Gasteiger partial charge in [-0.1, -0.05) is 0 Å². The SMILES string of the molecule is COP(=O)(N=C=S)C(C)(C)C. The summed E-state index contributed by atoms with van der Waals surface area (Å²) in [6, 6.07) is 0. The van der Waals surface area contributed by atoms with Crippen molar-refractivity contribution in [3.63, 3.8) is 0 Å². The predicted molar refractivity (Wildman–Crippen MR) is 49.4 cm³/mol. The van der Waals surface area contributed by atoms with Crippen molar-refractivity contribution in [1.29, 1.82) is 0 Å². The van der Waals surface area contributed by atoms with Crippen LogP contribution in [-0.4, -0.2) is 17.4 Å². The van der Waals surface area contributed by atoms with Crippen LogP contribution < -0.4 is 0 Å². The third-order valence-corrected chi connectivity index (χ3v) is 4.05. The molecule has 0 saturated heterocycles. The van der Waals surface area contributed by atoms with Gasteiger partial charge in [0.25, 0.3) is 0 Å². The fourth-order valence-electron chi connectivity index (χ4n) is 0.518. The maximum absolute atomic E-state index is 11.7. The van der Waals surface area contributed by atoms with Gasteiger partial charge in [0.2, 0.25) is 0 Å². The minimum atomic E-state index is -2.97. The standard InChI is InChI=1S/C6H12NO2PS/c1-6(2,3)10(8,9-4)7-5-11/h1-4H3. The van der Waals surface area contributed by atoms with Gasteiger partial charge in [-0.05, 0) is 33.0 Å². The second-order valence-electron chi connectivity index (χ2n) is 3.07. The summed E-state index contributed by atoms with van der Waals surface area (Å²) in [6.07, 6.45) is 0. The minimum Gasteiger partial charge on any atom is -0.315 e. The van der Waals surface area contributed by atoms with Crippen molar-refractivity contribution in [1.82, 2.24) is 0 Å². The van der Waals surface area contributed by atoms with E-state index in [9.17, 15) is 4.57 Å². The molecule has 64 valence electrons. The molecule has 0 amide bonds. The summed E-state index contributed by atoms with van der Waals surface area (Å²) >= 11 is 4.37. The highest BCUT2D eigenvalue weighted by Crippen LogP contribution is 2.58. The normalized spacial score (nSPS) is 16.7. The van der Waals surface area contributed by atoms with Crippen LogP contribution in [0.25, 0.3) is 0 Å². The average Bonchev–Trinajstić information content (AvgIpc) is 1.86. The van der Waals surface area contributed by atoms with Gasteiger partial charge in [0, 0.05) is 7.11 Å². The highest BCUT2D eigenvalue weighted by Gasteiger charge is 2.36. The van der Waals surface area contributed by atoms with Gasteiger partial charge in [-0.15, -0.1) is 4.76 Å².